The fourth-order valence-corrected chi connectivity index (χ4v) is 2.77. The Morgan fingerprint density at radius 3 is 2.89 bits per heavy atom. The van der Waals surface area contributed by atoms with Gasteiger partial charge in [-0.05, 0) is 30.2 Å². The molecule has 1 atom stereocenters. The molecule has 1 amide bonds. The number of likely N-dealkylation sites (tertiary alicyclic amines) is 1. The highest BCUT2D eigenvalue weighted by Crippen LogP contribution is 2.23. The van der Waals surface area contributed by atoms with E-state index >= 15 is 0 Å². The van der Waals surface area contributed by atoms with Gasteiger partial charge in [-0.3, -0.25) is 9.59 Å². The standard InChI is InChI=1S/C14H16BrNO3/c1-9-5-12(15)4-3-10(9)7-16-8-11(6-13(16)17)14(18)19-2/h3-5,11H,6-8H2,1-2H3. The van der Waals surface area contributed by atoms with Crippen LogP contribution in [0.15, 0.2) is 22.7 Å². The molecule has 1 aliphatic heterocycles. The molecule has 0 bridgehead atoms. The van der Waals surface area contributed by atoms with Crippen molar-refractivity contribution in [3.8, 4) is 0 Å². The van der Waals surface area contributed by atoms with Gasteiger partial charge >= 0.3 is 5.97 Å². The molecule has 1 heterocycles. The number of amides is 1. The summed E-state index contributed by atoms with van der Waals surface area (Å²) in [7, 11) is 1.36. The van der Waals surface area contributed by atoms with Crippen LogP contribution < -0.4 is 0 Å². The quantitative estimate of drug-likeness (QED) is 0.801. The SMILES string of the molecule is COC(=O)C1CC(=O)N(Cc2ccc(Br)cc2C)C1. The third-order valence-corrected chi connectivity index (χ3v) is 3.91. The molecule has 1 aliphatic rings. The maximum Gasteiger partial charge on any atom is 0.310 e. The second kappa shape index (κ2) is 5.74. The van der Waals surface area contributed by atoms with Crippen LogP contribution in [0.5, 0.6) is 0 Å². The number of aryl methyl sites for hydroxylation is 1. The zero-order valence-electron chi connectivity index (χ0n) is 11.0. The van der Waals surface area contributed by atoms with Crippen molar-refractivity contribution in [2.45, 2.75) is 19.9 Å². The normalized spacial score (nSPS) is 18.8. The Morgan fingerprint density at radius 1 is 1.53 bits per heavy atom. The molecule has 4 nitrogen and oxygen atoms in total. The summed E-state index contributed by atoms with van der Waals surface area (Å²) in [6.07, 6.45) is 0.252. The van der Waals surface area contributed by atoms with Crippen LogP contribution in [0.4, 0.5) is 0 Å². The molecule has 0 N–H and O–H groups in total. The van der Waals surface area contributed by atoms with E-state index in [1.807, 2.05) is 25.1 Å². The maximum absolute atomic E-state index is 11.9. The fraction of sp³-hybridized carbons (Fsp3) is 0.429. The molecule has 1 saturated heterocycles. The minimum atomic E-state index is -0.326. The van der Waals surface area contributed by atoms with Crippen molar-refractivity contribution in [2.75, 3.05) is 13.7 Å². The molecule has 0 saturated carbocycles. The summed E-state index contributed by atoms with van der Waals surface area (Å²) in [4.78, 5) is 25.1. The second-order valence-electron chi connectivity index (χ2n) is 4.77. The van der Waals surface area contributed by atoms with Crippen molar-refractivity contribution in [2.24, 2.45) is 5.92 Å². The predicted molar refractivity (Wildman–Crippen MR) is 74.4 cm³/mol. The summed E-state index contributed by atoms with van der Waals surface area (Å²) in [6, 6.07) is 5.98. The number of methoxy groups -OCH3 is 1. The van der Waals surface area contributed by atoms with E-state index in [2.05, 4.69) is 15.9 Å². The van der Waals surface area contributed by atoms with Gasteiger partial charge in [-0.2, -0.15) is 0 Å². The topological polar surface area (TPSA) is 46.6 Å². The highest BCUT2D eigenvalue weighted by molar-refractivity contribution is 9.10. The Bertz CT molecular complexity index is 515. The van der Waals surface area contributed by atoms with Crippen LogP contribution in [-0.4, -0.2) is 30.4 Å². The number of hydrogen-bond acceptors (Lipinski definition) is 3. The van der Waals surface area contributed by atoms with Gasteiger partial charge in [0.25, 0.3) is 0 Å². The third-order valence-electron chi connectivity index (χ3n) is 3.41. The van der Waals surface area contributed by atoms with Crippen molar-refractivity contribution in [1.29, 1.82) is 0 Å². The van der Waals surface area contributed by atoms with Crippen molar-refractivity contribution < 1.29 is 14.3 Å². The first-order chi connectivity index (χ1) is 9.01. The molecule has 1 unspecified atom stereocenters. The first-order valence-corrected chi connectivity index (χ1v) is 6.91. The monoisotopic (exact) mass is 325 g/mol. The molecule has 0 spiro atoms. The lowest BCUT2D eigenvalue weighted by Gasteiger charge is -2.17. The summed E-state index contributed by atoms with van der Waals surface area (Å²) >= 11 is 3.42. The van der Waals surface area contributed by atoms with Crippen LogP contribution in [0.2, 0.25) is 0 Å². The molecular formula is C14H16BrNO3. The number of nitrogens with zero attached hydrogens (tertiary/aromatic N) is 1. The second-order valence-corrected chi connectivity index (χ2v) is 5.68. The van der Waals surface area contributed by atoms with E-state index in [0.717, 1.165) is 15.6 Å². The number of ether oxygens (including phenoxy) is 1. The number of hydrogen-bond donors (Lipinski definition) is 0. The van der Waals surface area contributed by atoms with Gasteiger partial charge in [0.2, 0.25) is 5.91 Å². The number of esters is 1. The van der Waals surface area contributed by atoms with E-state index in [1.54, 1.807) is 4.90 Å². The van der Waals surface area contributed by atoms with Crippen molar-refractivity contribution in [3.05, 3.63) is 33.8 Å². The van der Waals surface area contributed by atoms with E-state index in [-0.39, 0.29) is 24.2 Å². The molecule has 0 radical (unpaired) electrons. The van der Waals surface area contributed by atoms with Crippen molar-refractivity contribution >= 4 is 27.8 Å². The van der Waals surface area contributed by atoms with E-state index in [4.69, 9.17) is 4.74 Å². The average Bonchev–Trinajstić information content (AvgIpc) is 2.73. The van der Waals surface area contributed by atoms with Gasteiger partial charge in [0.05, 0.1) is 13.0 Å². The molecule has 1 fully saturated rings. The average molecular weight is 326 g/mol. The zero-order valence-corrected chi connectivity index (χ0v) is 12.6. The number of carbonyl (C=O) groups is 2. The van der Waals surface area contributed by atoms with Gasteiger partial charge < -0.3 is 9.64 Å². The Labute approximate surface area is 120 Å². The van der Waals surface area contributed by atoms with Crippen LogP contribution >= 0.6 is 15.9 Å². The van der Waals surface area contributed by atoms with Crippen LogP contribution in [0.1, 0.15) is 17.5 Å². The molecule has 0 aromatic heterocycles. The molecular weight excluding hydrogens is 310 g/mol. The van der Waals surface area contributed by atoms with Gasteiger partial charge in [0.15, 0.2) is 0 Å². The summed E-state index contributed by atoms with van der Waals surface area (Å²) < 4.78 is 5.72. The Balaban J connectivity index is 2.07. The van der Waals surface area contributed by atoms with E-state index in [9.17, 15) is 9.59 Å². The summed E-state index contributed by atoms with van der Waals surface area (Å²) in [5.74, 6) is -0.616. The zero-order chi connectivity index (χ0) is 14.0. The highest BCUT2D eigenvalue weighted by atomic mass is 79.9. The Kier molecular flexibility index (Phi) is 4.24. The number of rotatable bonds is 3. The smallest absolute Gasteiger partial charge is 0.310 e. The fourth-order valence-electron chi connectivity index (χ4n) is 2.29. The Morgan fingerprint density at radius 2 is 2.26 bits per heavy atom. The van der Waals surface area contributed by atoms with Gasteiger partial charge in [-0.25, -0.2) is 0 Å². The molecule has 5 heteroatoms. The lowest BCUT2D eigenvalue weighted by Crippen LogP contribution is -2.26. The van der Waals surface area contributed by atoms with Crippen LogP contribution in [0, 0.1) is 12.8 Å². The van der Waals surface area contributed by atoms with Gasteiger partial charge in [-0.1, -0.05) is 22.0 Å². The molecule has 1 aromatic rings. The third kappa shape index (κ3) is 3.15. The lowest BCUT2D eigenvalue weighted by molar-refractivity contribution is -0.145. The van der Waals surface area contributed by atoms with Crippen LogP contribution in [-0.2, 0) is 20.9 Å². The van der Waals surface area contributed by atoms with Crippen LogP contribution in [0.3, 0.4) is 0 Å². The summed E-state index contributed by atoms with van der Waals surface area (Å²) in [6.45, 7) is 3.00. The van der Waals surface area contributed by atoms with E-state index in [1.165, 1.54) is 7.11 Å². The van der Waals surface area contributed by atoms with Crippen molar-refractivity contribution in [3.63, 3.8) is 0 Å². The van der Waals surface area contributed by atoms with E-state index in [0.29, 0.717) is 13.1 Å². The number of carbonyl (C=O) groups excluding carboxylic acids is 2. The number of halogens is 1. The highest BCUT2D eigenvalue weighted by Gasteiger charge is 2.34. The van der Waals surface area contributed by atoms with Crippen molar-refractivity contribution in [1.82, 2.24) is 4.90 Å². The minimum Gasteiger partial charge on any atom is -0.469 e. The van der Waals surface area contributed by atoms with Gasteiger partial charge in [0.1, 0.15) is 0 Å². The lowest BCUT2D eigenvalue weighted by atomic mass is 10.1. The molecule has 2 rings (SSSR count). The van der Waals surface area contributed by atoms with E-state index < -0.39 is 0 Å². The van der Waals surface area contributed by atoms with Gasteiger partial charge in [-0.15, -0.1) is 0 Å². The largest absolute Gasteiger partial charge is 0.469 e. The molecule has 102 valence electrons. The first-order valence-electron chi connectivity index (χ1n) is 6.12. The summed E-state index contributed by atoms with van der Waals surface area (Å²) in [5, 5.41) is 0. The molecule has 0 aliphatic carbocycles. The molecule has 1 aromatic carbocycles. The first kappa shape index (κ1) is 14.1. The van der Waals surface area contributed by atoms with Crippen LogP contribution in [0.25, 0.3) is 0 Å². The Hall–Kier alpha value is -1.36. The number of benzene rings is 1. The predicted octanol–water partition coefficient (Wildman–Crippen LogP) is 2.28. The minimum absolute atomic E-state index is 0.0118. The van der Waals surface area contributed by atoms with Gasteiger partial charge in [0, 0.05) is 24.0 Å². The maximum atomic E-state index is 11.9. The summed E-state index contributed by atoms with van der Waals surface area (Å²) in [5.41, 5.74) is 2.23. The molecule has 19 heavy (non-hydrogen) atoms.